The molecule has 1 atom stereocenters. The molecule has 0 aliphatic rings. The molecule has 2 aromatic rings. The van der Waals surface area contributed by atoms with Gasteiger partial charge in [0.15, 0.2) is 0 Å². The second-order valence-corrected chi connectivity index (χ2v) is 4.80. The summed E-state index contributed by atoms with van der Waals surface area (Å²) < 4.78 is 1.76. The third kappa shape index (κ3) is 4.17. The van der Waals surface area contributed by atoms with Crippen molar-refractivity contribution in [3.63, 3.8) is 0 Å². The van der Waals surface area contributed by atoms with Crippen molar-refractivity contribution in [3.05, 3.63) is 47.8 Å². The highest BCUT2D eigenvalue weighted by Gasteiger charge is 2.09. The molecule has 102 valence electrons. The summed E-state index contributed by atoms with van der Waals surface area (Å²) in [6.45, 7) is 3.14. The Labute approximate surface area is 114 Å². The Bertz CT molecular complexity index is 478. The van der Waals surface area contributed by atoms with Crippen LogP contribution in [-0.4, -0.2) is 21.5 Å². The third-order valence-electron chi connectivity index (χ3n) is 3.23. The van der Waals surface area contributed by atoms with Crippen molar-refractivity contribution in [1.29, 1.82) is 0 Å². The molecule has 0 fully saturated rings. The fraction of sp³-hybridized carbons (Fsp3) is 0.467. The second-order valence-electron chi connectivity index (χ2n) is 4.80. The zero-order chi connectivity index (χ0) is 13.5. The van der Waals surface area contributed by atoms with Crippen LogP contribution >= 0.6 is 0 Å². The van der Waals surface area contributed by atoms with Crippen LogP contribution in [0.25, 0.3) is 0 Å². The van der Waals surface area contributed by atoms with E-state index in [0.717, 1.165) is 31.5 Å². The van der Waals surface area contributed by atoms with E-state index >= 15 is 0 Å². The average Bonchev–Trinajstić information content (AvgIpc) is 2.84. The minimum absolute atomic E-state index is 0.433. The van der Waals surface area contributed by atoms with E-state index in [1.165, 1.54) is 5.56 Å². The molecule has 1 unspecified atom stereocenters. The molecule has 1 aromatic heterocycles. The Kier molecular flexibility index (Phi) is 5.10. The van der Waals surface area contributed by atoms with Gasteiger partial charge in [0.05, 0.1) is 5.69 Å². The first-order valence-corrected chi connectivity index (χ1v) is 6.93. The summed E-state index contributed by atoms with van der Waals surface area (Å²) in [5.41, 5.74) is 2.44. The summed E-state index contributed by atoms with van der Waals surface area (Å²) in [5, 5.41) is 11.6. The van der Waals surface area contributed by atoms with Gasteiger partial charge in [-0.25, -0.2) is 0 Å². The molecule has 4 heteroatoms. The SMILES string of the molecule is CCNC(CCCc1cn(C)nn1)c1ccccc1. The van der Waals surface area contributed by atoms with Crippen LogP contribution in [0.1, 0.15) is 37.1 Å². The van der Waals surface area contributed by atoms with Crippen LogP contribution in [-0.2, 0) is 13.5 Å². The van der Waals surface area contributed by atoms with Crippen LogP contribution in [0.3, 0.4) is 0 Å². The van der Waals surface area contributed by atoms with E-state index in [1.54, 1.807) is 4.68 Å². The number of hydrogen-bond donors (Lipinski definition) is 1. The Morgan fingerprint density at radius 2 is 2.05 bits per heavy atom. The van der Waals surface area contributed by atoms with E-state index in [2.05, 4.69) is 52.9 Å². The van der Waals surface area contributed by atoms with Crippen molar-refractivity contribution in [3.8, 4) is 0 Å². The van der Waals surface area contributed by atoms with Gasteiger partial charge in [-0.15, -0.1) is 5.10 Å². The van der Waals surface area contributed by atoms with Gasteiger partial charge >= 0.3 is 0 Å². The van der Waals surface area contributed by atoms with Crippen molar-refractivity contribution >= 4 is 0 Å². The molecule has 2 rings (SSSR count). The van der Waals surface area contributed by atoms with Crippen molar-refractivity contribution < 1.29 is 0 Å². The molecule has 0 aliphatic heterocycles. The van der Waals surface area contributed by atoms with Gasteiger partial charge in [0.25, 0.3) is 0 Å². The monoisotopic (exact) mass is 258 g/mol. The van der Waals surface area contributed by atoms with Crippen LogP contribution in [0.5, 0.6) is 0 Å². The molecular weight excluding hydrogens is 236 g/mol. The van der Waals surface area contributed by atoms with E-state index in [1.807, 2.05) is 13.2 Å². The van der Waals surface area contributed by atoms with Crippen molar-refractivity contribution in [2.75, 3.05) is 6.54 Å². The summed E-state index contributed by atoms with van der Waals surface area (Å²) in [5.74, 6) is 0. The lowest BCUT2D eigenvalue weighted by atomic mass is 10.0. The van der Waals surface area contributed by atoms with Gasteiger partial charge in [0, 0.05) is 19.3 Å². The van der Waals surface area contributed by atoms with Gasteiger partial charge in [-0.1, -0.05) is 42.5 Å². The van der Waals surface area contributed by atoms with Crippen LogP contribution in [0.2, 0.25) is 0 Å². The molecule has 0 amide bonds. The number of aromatic nitrogens is 3. The van der Waals surface area contributed by atoms with Gasteiger partial charge in [0.2, 0.25) is 0 Å². The highest BCUT2D eigenvalue weighted by Crippen LogP contribution is 2.19. The van der Waals surface area contributed by atoms with E-state index in [-0.39, 0.29) is 0 Å². The van der Waals surface area contributed by atoms with Crippen molar-refractivity contribution in [2.45, 2.75) is 32.2 Å². The topological polar surface area (TPSA) is 42.7 Å². The van der Waals surface area contributed by atoms with Crippen LogP contribution in [0.15, 0.2) is 36.5 Å². The molecular formula is C15H22N4. The molecule has 19 heavy (non-hydrogen) atoms. The summed E-state index contributed by atoms with van der Waals surface area (Å²) in [6, 6.07) is 11.1. The van der Waals surface area contributed by atoms with Gasteiger partial charge in [-0.3, -0.25) is 4.68 Å². The largest absolute Gasteiger partial charge is 0.310 e. The first kappa shape index (κ1) is 13.7. The summed E-state index contributed by atoms with van der Waals surface area (Å²) in [7, 11) is 1.90. The lowest BCUT2D eigenvalue weighted by Gasteiger charge is -2.18. The summed E-state index contributed by atoms with van der Waals surface area (Å²) in [6.07, 6.45) is 5.22. The van der Waals surface area contributed by atoms with Crippen LogP contribution in [0.4, 0.5) is 0 Å². The molecule has 0 radical (unpaired) electrons. The average molecular weight is 258 g/mol. The van der Waals surface area contributed by atoms with E-state index < -0.39 is 0 Å². The lowest BCUT2D eigenvalue weighted by Crippen LogP contribution is -2.20. The molecule has 0 spiro atoms. The van der Waals surface area contributed by atoms with Crippen LogP contribution < -0.4 is 5.32 Å². The van der Waals surface area contributed by atoms with E-state index in [4.69, 9.17) is 0 Å². The van der Waals surface area contributed by atoms with Gasteiger partial charge in [-0.05, 0) is 31.4 Å². The number of hydrogen-bond acceptors (Lipinski definition) is 3. The highest BCUT2D eigenvalue weighted by molar-refractivity contribution is 5.18. The van der Waals surface area contributed by atoms with Crippen LogP contribution in [0, 0.1) is 0 Å². The fourth-order valence-electron chi connectivity index (χ4n) is 2.32. The predicted molar refractivity (Wildman–Crippen MR) is 76.8 cm³/mol. The Hall–Kier alpha value is -1.68. The molecule has 0 saturated heterocycles. The minimum Gasteiger partial charge on any atom is -0.310 e. The molecule has 0 bridgehead atoms. The number of nitrogens with one attached hydrogen (secondary N) is 1. The number of benzene rings is 1. The highest BCUT2D eigenvalue weighted by atomic mass is 15.4. The lowest BCUT2D eigenvalue weighted by molar-refractivity contribution is 0.496. The predicted octanol–water partition coefficient (Wildman–Crippen LogP) is 2.49. The maximum atomic E-state index is 4.12. The van der Waals surface area contributed by atoms with Crippen molar-refractivity contribution in [2.24, 2.45) is 7.05 Å². The normalized spacial score (nSPS) is 12.5. The van der Waals surface area contributed by atoms with Gasteiger partial charge in [-0.2, -0.15) is 0 Å². The Balaban J connectivity index is 1.87. The number of aryl methyl sites for hydroxylation is 2. The zero-order valence-electron chi connectivity index (χ0n) is 11.7. The van der Waals surface area contributed by atoms with Gasteiger partial charge < -0.3 is 5.32 Å². The quantitative estimate of drug-likeness (QED) is 0.829. The minimum atomic E-state index is 0.433. The molecule has 1 aromatic carbocycles. The van der Waals surface area contributed by atoms with E-state index in [9.17, 15) is 0 Å². The maximum Gasteiger partial charge on any atom is 0.0827 e. The number of nitrogens with zero attached hydrogens (tertiary/aromatic N) is 3. The maximum absolute atomic E-state index is 4.12. The molecule has 1 heterocycles. The first-order chi connectivity index (χ1) is 9.29. The standard InChI is InChI=1S/C15H22N4/c1-3-16-15(13-8-5-4-6-9-13)11-7-10-14-12-19(2)18-17-14/h4-6,8-9,12,15-16H,3,7,10-11H2,1-2H3. The Morgan fingerprint density at radius 3 is 2.68 bits per heavy atom. The smallest absolute Gasteiger partial charge is 0.0827 e. The molecule has 4 nitrogen and oxygen atoms in total. The third-order valence-corrected chi connectivity index (χ3v) is 3.23. The number of rotatable bonds is 7. The first-order valence-electron chi connectivity index (χ1n) is 6.93. The second kappa shape index (κ2) is 7.04. The molecule has 0 aliphatic carbocycles. The Morgan fingerprint density at radius 1 is 1.26 bits per heavy atom. The van der Waals surface area contributed by atoms with E-state index in [0.29, 0.717) is 6.04 Å². The summed E-state index contributed by atoms with van der Waals surface area (Å²) in [4.78, 5) is 0. The van der Waals surface area contributed by atoms with Gasteiger partial charge in [0.1, 0.15) is 0 Å². The molecule has 1 N–H and O–H groups in total. The van der Waals surface area contributed by atoms with Crippen molar-refractivity contribution in [1.82, 2.24) is 20.3 Å². The summed E-state index contributed by atoms with van der Waals surface area (Å²) >= 11 is 0. The zero-order valence-corrected chi connectivity index (χ0v) is 11.7. The molecule has 0 saturated carbocycles. The fourth-order valence-corrected chi connectivity index (χ4v) is 2.32.